The Kier molecular flexibility index (Phi) is 6.37. The first-order valence-electron chi connectivity index (χ1n) is 7.69. The Balaban J connectivity index is 2.64. The topological polar surface area (TPSA) is 104 Å². The highest BCUT2D eigenvalue weighted by molar-refractivity contribution is 7.89. The van der Waals surface area contributed by atoms with Gasteiger partial charge in [-0.25, -0.2) is 17.5 Å². The van der Waals surface area contributed by atoms with Crippen LogP contribution >= 0.6 is 0 Å². The molecule has 0 aliphatic carbocycles. The highest BCUT2D eigenvalue weighted by atomic mass is 32.2. The molecule has 1 fully saturated rings. The molecule has 0 saturated carbocycles. The highest BCUT2D eigenvalue weighted by Crippen LogP contribution is 2.22. The first-order valence-corrected chi connectivity index (χ1v) is 9.30. The number of carboxylic acids is 1. The molecule has 128 valence electrons. The molecule has 22 heavy (non-hydrogen) atoms. The first-order chi connectivity index (χ1) is 10.2. The van der Waals surface area contributed by atoms with Gasteiger partial charge in [-0.15, -0.1) is 0 Å². The van der Waals surface area contributed by atoms with E-state index in [-0.39, 0.29) is 17.6 Å². The highest BCUT2D eigenvalue weighted by Gasteiger charge is 2.37. The quantitative estimate of drug-likeness (QED) is 0.717. The first kappa shape index (κ1) is 18.9. The van der Waals surface area contributed by atoms with Crippen molar-refractivity contribution in [1.29, 1.82) is 0 Å². The molecule has 0 spiro atoms. The lowest BCUT2D eigenvalue weighted by Crippen LogP contribution is -2.55. The summed E-state index contributed by atoms with van der Waals surface area (Å²) in [5, 5.41) is 11.9. The van der Waals surface area contributed by atoms with E-state index in [1.165, 1.54) is 11.2 Å². The Morgan fingerprint density at radius 3 is 2.23 bits per heavy atom. The van der Waals surface area contributed by atoms with Crippen molar-refractivity contribution in [2.75, 3.05) is 18.8 Å². The van der Waals surface area contributed by atoms with Crippen LogP contribution in [0.2, 0.25) is 0 Å². The van der Waals surface area contributed by atoms with Gasteiger partial charge in [0, 0.05) is 19.0 Å². The molecule has 8 heteroatoms. The Bertz CT molecular complexity index is 511. The molecule has 2 N–H and O–H groups in total. The van der Waals surface area contributed by atoms with E-state index in [9.17, 15) is 23.1 Å². The molecule has 1 unspecified atom stereocenters. The van der Waals surface area contributed by atoms with Crippen molar-refractivity contribution in [2.24, 2.45) is 5.92 Å². The minimum absolute atomic E-state index is 0.0530. The van der Waals surface area contributed by atoms with Gasteiger partial charge in [-0.05, 0) is 33.1 Å². The predicted octanol–water partition coefficient (Wildman–Crippen LogP) is 0.808. The molecule has 0 aromatic carbocycles. The Morgan fingerprint density at radius 2 is 1.82 bits per heavy atom. The lowest BCUT2D eigenvalue weighted by molar-refractivity contribution is -0.148. The van der Waals surface area contributed by atoms with Gasteiger partial charge in [0.25, 0.3) is 0 Å². The predicted molar refractivity (Wildman–Crippen MR) is 82.8 cm³/mol. The molecule has 7 nitrogen and oxygen atoms in total. The molecule has 0 aromatic heterocycles. The van der Waals surface area contributed by atoms with Gasteiger partial charge in [-0.2, -0.15) is 0 Å². The lowest BCUT2D eigenvalue weighted by Gasteiger charge is -2.33. The number of hydrogen-bond donors (Lipinski definition) is 2. The van der Waals surface area contributed by atoms with Crippen molar-refractivity contribution in [3.63, 3.8) is 0 Å². The molecule has 1 saturated heterocycles. The summed E-state index contributed by atoms with van der Waals surface area (Å²) < 4.78 is 25.0. The fraction of sp³-hybridized carbons (Fsp3) is 0.857. The fourth-order valence-electron chi connectivity index (χ4n) is 2.68. The van der Waals surface area contributed by atoms with Crippen molar-refractivity contribution < 1.29 is 23.1 Å². The second kappa shape index (κ2) is 7.41. The van der Waals surface area contributed by atoms with Crippen LogP contribution in [0.4, 0.5) is 0 Å². The van der Waals surface area contributed by atoms with Gasteiger partial charge in [-0.3, -0.25) is 4.79 Å². The molecule has 1 aliphatic rings. The number of carbonyl (C=O) groups is 2. The van der Waals surface area contributed by atoms with E-state index in [1.807, 2.05) is 6.92 Å². The molecule has 0 radical (unpaired) electrons. The van der Waals surface area contributed by atoms with Crippen molar-refractivity contribution in [1.82, 2.24) is 9.62 Å². The second-order valence-electron chi connectivity index (χ2n) is 5.95. The number of rotatable bonds is 7. The number of sulfonamides is 1. The van der Waals surface area contributed by atoms with Crippen LogP contribution in [0.15, 0.2) is 0 Å². The second-order valence-corrected chi connectivity index (χ2v) is 8.21. The molecule has 1 aliphatic heterocycles. The maximum absolute atomic E-state index is 12.3. The maximum atomic E-state index is 12.3. The molecule has 1 atom stereocenters. The maximum Gasteiger partial charge on any atom is 0.329 e. The van der Waals surface area contributed by atoms with Crippen LogP contribution in [-0.4, -0.2) is 54.1 Å². The molecule has 1 rings (SSSR count). The van der Waals surface area contributed by atoms with E-state index in [1.54, 1.807) is 6.92 Å². The van der Waals surface area contributed by atoms with Gasteiger partial charge in [0.15, 0.2) is 0 Å². The number of carbonyl (C=O) groups excluding carboxylic acids is 1. The number of nitrogens with zero attached hydrogens (tertiary/aromatic N) is 1. The van der Waals surface area contributed by atoms with Crippen LogP contribution in [0.3, 0.4) is 0 Å². The Morgan fingerprint density at radius 1 is 1.27 bits per heavy atom. The van der Waals surface area contributed by atoms with Crippen LogP contribution < -0.4 is 5.32 Å². The molecule has 0 aromatic rings. The number of amides is 1. The number of nitrogens with one attached hydrogen (secondary N) is 1. The van der Waals surface area contributed by atoms with Gasteiger partial charge < -0.3 is 10.4 Å². The normalized spacial score (nSPS) is 20.3. The summed E-state index contributed by atoms with van der Waals surface area (Å²) in [5.41, 5.74) is -1.27. The van der Waals surface area contributed by atoms with Crippen LogP contribution in [-0.2, 0) is 19.6 Å². The zero-order valence-corrected chi connectivity index (χ0v) is 14.3. The van der Waals surface area contributed by atoms with E-state index in [0.717, 1.165) is 0 Å². The fourth-order valence-corrected chi connectivity index (χ4v) is 3.81. The van der Waals surface area contributed by atoms with Gasteiger partial charge in [0.05, 0.1) is 5.75 Å². The average Bonchev–Trinajstić information content (AvgIpc) is 2.47. The lowest BCUT2D eigenvalue weighted by atomic mass is 9.92. The Labute approximate surface area is 132 Å². The van der Waals surface area contributed by atoms with E-state index >= 15 is 0 Å². The van der Waals surface area contributed by atoms with E-state index < -0.39 is 21.5 Å². The summed E-state index contributed by atoms with van der Waals surface area (Å²) in [6.45, 7) is 5.59. The summed E-state index contributed by atoms with van der Waals surface area (Å²) in [4.78, 5) is 23.6. The van der Waals surface area contributed by atoms with Crippen LogP contribution in [0.25, 0.3) is 0 Å². The monoisotopic (exact) mass is 334 g/mol. The molecular formula is C14H26N2O5S. The summed E-state index contributed by atoms with van der Waals surface area (Å²) >= 11 is 0. The van der Waals surface area contributed by atoms with Crippen LogP contribution in [0, 0.1) is 5.92 Å². The number of piperidine rings is 1. The smallest absolute Gasteiger partial charge is 0.329 e. The van der Waals surface area contributed by atoms with Gasteiger partial charge in [0.2, 0.25) is 15.9 Å². The third kappa shape index (κ3) is 4.42. The summed E-state index contributed by atoms with van der Waals surface area (Å²) in [5.74, 6) is -1.63. The third-order valence-corrected chi connectivity index (χ3v) is 6.09. The van der Waals surface area contributed by atoms with Crippen molar-refractivity contribution in [3.8, 4) is 0 Å². The number of carboxylic acid groups (broad SMARTS) is 1. The molecule has 1 amide bonds. The van der Waals surface area contributed by atoms with E-state index in [0.29, 0.717) is 38.8 Å². The minimum Gasteiger partial charge on any atom is -0.480 e. The summed E-state index contributed by atoms with van der Waals surface area (Å²) in [6.07, 6.45) is 1.85. The number of aliphatic carboxylic acids is 1. The SMILES string of the molecule is CCCC(C)(NC(=O)C1CCN(S(=O)(=O)CC)CC1)C(=O)O. The van der Waals surface area contributed by atoms with Gasteiger partial charge in [-0.1, -0.05) is 13.3 Å². The van der Waals surface area contributed by atoms with Crippen LogP contribution in [0.5, 0.6) is 0 Å². The number of hydrogen-bond acceptors (Lipinski definition) is 4. The summed E-state index contributed by atoms with van der Waals surface area (Å²) in [7, 11) is -3.22. The molecule has 1 heterocycles. The van der Waals surface area contributed by atoms with E-state index in [4.69, 9.17) is 0 Å². The van der Waals surface area contributed by atoms with Crippen molar-refractivity contribution >= 4 is 21.9 Å². The molecular weight excluding hydrogens is 308 g/mol. The third-order valence-electron chi connectivity index (χ3n) is 4.20. The average molecular weight is 334 g/mol. The summed E-state index contributed by atoms with van der Waals surface area (Å²) in [6, 6.07) is 0. The molecule has 0 bridgehead atoms. The largest absolute Gasteiger partial charge is 0.480 e. The van der Waals surface area contributed by atoms with E-state index in [2.05, 4.69) is 5.32 Å². The van der Waals surface area contributed by atoms with Gasteiger partial charge >= 0.3 is 5.97 Å². The van der Waals surface area contributed by atoms with Crippen molar-refractivity contribution in [3.05, 3.63) is 0 Å². The van der Waals surface area contributed by atoms with Crippen molar-refractivity contribution in [2.45, 2.75) is 52.0 Å². The standard InChI is InChI=1S/C14H26N2O5S/c1-4-8-14(3,13(18)19)15-12(17)11-6-9-16(10-7-11)22(20,21)5-2/h11H,4-10H2,1-3H3,(H,15,17)(H,18,19). The van der Waals surface area contributed by atoms with Crippen LogP contribution in [0.1, 0.15) is 46.5 Å². The zero-order chi connectivity index (χ0) is 17.0. The zero-order valence-electron chi connectivity index (χ0n) is 13.5. The minimum atomic E-state index is -3.22. The Hall–Kier alpha value is -1.15. The van der Waals surface area contributed by atoms with Gasteiger partial charge in [0.1, 0.15) is 5.54 Å².